The first-order valence-corrected chi connectivity index (χ1v) is 9.11. The summed E-state index contributed by atoms with van der Waals surface area (Å²) in [7, 11) is 1.58. The lowest BCUT2D eigenvalue weighted by molar-refractivity contribution is -0.159. The fraction of sp³-hybridized carbons (Fsp3) is 0.263. The maximum absolute atomic E-state index is 12.9. The van der Waals surface area contributed by atoms with E-state index >= 15 is 0 Å². The Balaban J connectivity index is 1.72. The average Bonchev–Trinajstić information content (AvgIpc) is 3.44. The Morgan fingerprint density at radius 2 is 2.07 bits per heavy atom. The predicted octanol–water partition coefficient (Wildman–Crippen LogP) is 3.74. The first-order chi connectivity index (χ1) is 14.4. The van der Waals surface area contributed by atoms with Gasteiger partial charge in [-0.05, 0) is 25.1 Å². The van der Waals surface area contributed by atoms with Gasteiger partial charge in [-0.15, -0.1) is 0 Å². The second-order valence-corrected chi connectivity index (χ2v) is 6.75. The van der Waals surface area contributed by atoms with Gasteiger partial charge in [0.25, 0.3) is 0 Å². The van der Waals surface area contributed by atoms with E-state index in [0.717, 1.165) is 22.5 Å². The molecular formula is C19H15F3N6O2. The molecule has 0 unspecified atom stereocenters. The summed E-state index contributed by atoms with van der Waals surface area (Å²) < 4.78 is 52.1. The molecule has 1 aliphatic rings. The van der Waals surface area contributed by atoms with E-state index < -0.39 is 12.1 Å². The molecule has 5 rings (SSSR count). The molecule has 0 radical (unpaired) electrons. The van der Waals surface area contributed by atoms with Crippen LogP contribution >= 0.6 is 0 Å². The summed E-state index contributed by atoms with van der Waals surface area (Å²) in [6, 6.07) is 5.55. The number of rotatable bonds is 3. The van der Waals surface area contributed by atoms with Crippen molar-refractivity contribution in [3.8, 4) is 34.2 Å². The highest BCUT2D eigenvalue weighted by atomic mass is 19.4. The Bertz CT molecular complexity index is 1250. The lowest BCUT2D eigenvalue weighted by Gasteiger charge is -2.11. The van der Waals surface area contributed by atoms with Crippen LogP contribution in [0.5, 0.6) is 5.75 Å². The Labute approximate surface area is 167 Å². The second-order valence-electron chi connectivity index (χ2n) is 6.75. The van der Waals surface area contributed by atoms with E-state index in [4.69, 9.17) is 4.74 Å². The zero-order chi connectivity index (χ0) is 21.0. The van der Waals surface area contributed by atoms with E-state index in [9.17, 15) is 13.2 Å². The van der Waals surface area contributed by atoms with Gasteiger partial charge < -0.3 is 13.8 Å². The fourth-order valence-corrected chi connectivity index (χ4v) is 3.57. The molecule has 0 amide bonds. The number of fused-ring (bicyclic) bond motifs is 5. The van der Waals surface area contributed by atoms with Crippen LogP contribution in [-0.2, 0) is 19.1 Å². The van der Waals surface area contributed by atoms with Crippen molar-refractivity contribution in [2.45, 2.75) is 26.1 Å². The van der Waals surface area contributed by atoms with Crippen molar-refractivity contribution in [2.75, 3.05) is 7.11 Å². The Morgan fingerprint density at radius 3 is 2.77 bits per heavy atom. The number of nitrogens with zero attached hydrogens (tertiary/aromatic N) is 6. The molecule has 1 aromatic carbocycles. The highest BCUT2D eigenvalue weighted by Gasteiger charge is 2.39. The Hall–Kier alpha value is -3.63. The average molecular weight is 416 g/mol. The van der Waals surface area contributed by atoms with Gasteiger partial charge in [0.1, 0.15) is 17.8 Å². The molecule has 8 nitrogen and oxygen atoms in total. The molecule has 11 heteroatoms. The number of ether oxygens (including phenoxy) is 1. The largest absolute Gasteiger partial charge is 0.497 e. The van der Waals surface area contributed by atoms with Crippen LogP contribution < -0.4 is 4.74 Å². The van der Waals surface area contributed by atoms with Crippen molar-refractivity contribution in [1.29, 1.82) is 0 Å². The molecular weight excluding hydrogens is 401 g/mol. The number of alkyl halides is 3. The van der Waals surface area contributed by atoms with E-state index in [1.54, 1.807) is 19.5 Å². The molecule has 0 spiro atoms. The SMILES string of the molecule is CCn1cc2c(n1)-c1cc(OC)ccc1-n1cnc(-c3noc(C(F)(F)F)n3)c1C2. The van der Waals surface area contributed by atoms with Gasteiger partial charge in [0.15, 0.2) is 0 Å². The van der Waals surface area contributed by atoms with Gasteiger partial charge >= 0.3 is 12.1 Å². The molecule has 4 aromatic rings. The third kappa shape index (κ3) is 2.77. The van der Waals surface area contributed by atoms with Gasteiger partial charge in [0.2, 0.25) is 5.82 Å². The molecule has 0 bridgehead atoms. The summed E-state index contributed by atoms with van der Waals surface area (Å²) >= 11 is 0. The standard InChI is InChI=1S/C19H15F3N6O2/c1-3-27-8-10-6-14-16(17-24-18(30-26-17)19(20,21)22)23-9-28(14)13-5-4-11(29-2)7-12(13)15(10)25-27/h4-5,7-9H,3,6H2,1-2H3. The van der Waals surface area contributed by atoms with Crippen LogP contribution in [0.1, 0.15) is 24.1 Å². The molecule has 30 heavy (non-hydrogen) atoms. The van der Waals surface area contributed by atoms with E-state index in [0.29, 0.717) is 24.4 Å². The number of hydrogen-bond acceptors (Lipinski definition) is 6. The van der Waals surface area contributed by atoms with E-state index in [1.165, 1.54) is 0 Å². The van der Waals surface area contributed by atoms with Gasteiger partial charge in [-0.3, -0.25) is 4.68 Å². The van der Waals surface area contributed by atoms with Crippen molar-refractivity contribution in [1.82, 2.24) is 29.5 Å². The van der Waals surface area contributed by atoms with Crippen LogP contribution in [0, 0.1) is 0 Å². The maximum atomic E-state index is 12.9. The maximum Gasteiger partial charge on any atom is 0.471 e. The van der Waals surface area contributed by atoms with Crippen molar-refractivity contribution in [2.24, 2.45) is 0 Å². The number of aryl methyl sites for hydroxylation is 1. The van der Waals surface area contributed by atoms with Crippen LogP contribution in [0.4, 0.5) is 13.2 Å². The molecule has 4 heterocycles. The first-order valence-electron chi connectivity index (χ1n) is 9.11. The monoisotopic (exact) mass is 416 g/mol. The van der Waals surface area contributed by atoms with E-state index in [2.05, 4.69) is 24.7 Å². The van der Waals surface area contributed by atoms with Crippen LogP contribution in [0.15, 0.2) is 35.2 Å². The smallest absolute Gasteiger partial charge is 0.471 e. The number of methoxy groups -OCH3 is 1. The summed E-state index contributed by atoms with van der Waals surface area (Å²) in [5.41, 5.74) is 4.18. The number of hydrogen-bond donors (Lipinski definition) is 0. The predicted molar refractivity (Wildman–Crippen MR) is 98.1 cm³/mol. The summed E-state index contributed by atoms with van der Waals surface area (Å²) in [6.07, 6.45) is -0.875. The first kappa shape index (κ1) is 18.4. The Morgan fingerprint density at radius 1 is 1.23 bits per heavy atom. The fourth-order valence-electron chi connectivity index (χ4n) is 3.57. The molecule has 0 aliphatic carbocycles. The van der Waals surface area contributed by atoms with Crippen LogP contribution in [0.2, 0.25) is 0 Å². The van der Waals surface area contributed by atoms with E-state index in [-0.39, 0.29) is 11.5 Å². The zero-order valence-corrected chi connectivity index (χ0v) is 15.9. The molecule has 0 N–H and O–H groups in total. The van der Waals surface area contributed by atoms with Crippen molar-refractivity contribution in [3.63, 3.8) is 0 Å². The van der Waals surface area contributed by atoms with Crippen LogP contribution in [-0.4, -0.2) is 36.6 Å². The number of halogens is 3. The molecule has 0 saturated heterocycles. The molecule has 154 valence electrons. The molecule has 0 saturated carbocycles. The lowest BCUT2D eigenvalue weighted by atomic mass is 10.0. The minimum Gasteiger partial charge on any atom is -0.497 e. The highest BCUT2D eigenvalue weighted by molar-refractivity contribution is 5.77. The van der Waals surface area contributed by atoms with Gasteiger partial charge in [0.05, 0.1) is 24.2 Å². The van der Waals surface area contributed by atoms with Gasteiger partial charge in [-0.2, -0.15) is 23.3 Å². The highest BCUT2D eigenvalue weighted by Crippen LogP contribution is 2.39. The summed E-state index contributed by atoms with van der Waals surface area (Å²) in [5, 5.41) is 8.18. The zero-order valence-electron chi connectivity index (χ0n) is 15.9. The molecule has 3 aromatic heterocycles. The van der Waals surface area contributed by atoms with Gasteiger partial charge in [-0.25, -0.2) is 4.98 Å². The summed E-state index contributed by atoms with van der Waals surface area (Å²) in [4.78, 5) is 7.80. The summed E-state index contributed by atoms with van der Waals surface area (Å²) in [6.45, 7) is 2.66. The third-order valence-electron chi connectivity index (χ3n) is 4.98. The van der Waals surface area contributed by atoms with Crippen molar-refractivity contribution >= 4 is 0 Å². The van der Waals surface area contributed by atoms with Crippen molar-refractivity contribution in [3.05, 3.63) is 47.9 Å². The van der Waals surface area contributed by atoms with E-state index in [1.807, 2.05) is 34.5 Å². The quantitative estimate of drug-likeness (QED) is 0.446. The van der Waals surface area contributed by atoms with Gasteiger partial charge in [0, 0.05) is 30.3 Å². The normalized spacial score (nSPS) is 12.8. The van der Waals surface area contributed by atoms with Crippen molar-refractivity contribution < 1.29 is 22.4 Å². The third-order valence-corrected chi connectivity index (χ3v) is 4.98. The molecule has 1 aliphatic heterocycles. The van der Waals surface area contributed by atoms with Gasteiger partial charge in [-0.1, -0.05) is 5.16 Å². The minimum absolute atomic E-state index is 0.211. The Kier molecular flexibility index (Phi) is 3.95. The number of aromatic nitrogens is 6. The summed E-state index contributed by atoms with van der Waals surface area (Å²) in [5.74, 6) is -0.947. The molecule has 0 atom stereocenters. The van der Waals surface area contributed by atoms with Crippen LogP contribution in [0.25, 0.3) is 28.5 Å². The topological polar surface area (TPSA) is 83.8 Å². The number of imidazole rings is 1. The van der Waals surface area contributed by atoms with Crippen LogP contribution in [0.3, 0.4) is 0 Å². The number of benzene rings is 1. The minimum atomic E-state index is -4.72. The molecule has 0 fully saturated rings. The second kappa shape index (κ2) is 6.44. The lowest BCUT2D eigenvalue weighted by Crippen LogP contribution is -2.05.